The molecule has 0 amide bonds. The fourth-order valence-corrected chi connectivity index (χ4v) is 3.79. The fraction of sp³-hybridized carbons (Fsp3) is 0.938. The normalized spacial score (nSPS) is 26.3. The number of carbonyl (C=O) groups is 1. The molecule has 0 bridgehead atoms. The number of nitrogens with zero attached hydrogens (tertiary/aromatic N) is 2. The van der Waals surface area contributed by atoms with Crippen LogP contribution in [0.3, 0.4) is 0 Å². The van der Waals surface area contributed by atoms with E-state index in [9.17, 15) is 4.79 Å². The van der Waals surface area contributed by atoms with Crippen LogP contribution >= 0.6 is 0 Å². The van der Waals surface area contributed by atoms with Crippen molar-refractivity contribution in [1.29, 1.82) is 0 Å². The Bertz CT molecular complexity index is 274. The molecule has 0 atom stereocenters. The number of hydrogen-bond donors (Lipinski definition) is 0. The lowest BCUT2D eigenvalue weighted by atomic mass is 9.81. The van der Waals surface area contributed by atoms with Gasteiger partial charge in [-0.05, 0) is 52.9 Å². The Morgan fingerprint density at radius 1 is 1.11 bits per heavy atom. The molecule has 0 aromatic rings. The summed E-state index contributed by atoms with van der Waals surface area (Å²) in [6.07, 6.45) is 11.1. The lowest BCUT2D eigenvalue weighted by molar-refractivity contribution is -0.118. The molecule has 0 radical (unpaired) electrons. The van der Waals surface area contributed by atoms with E-state index >= 15 is 0 Å². The number of rotatable bonds is 4. The van der Waals surface area contributed by atoms with Crippen LogP contribution in [0.2, 0.25) is 0 Å². The van der Waals surface area contributed by atoms with Crippen molar-refractivity contribution in [3.05, 3.63) is 0 Å². The van der Waals surface area contributed by atoms with E-state index in [1.54, 1.807) is 0 Å². The molecule has 110 valence electrons. The highest BCUT2D eigenvalue weighted by Gasteiger charge is 2.34. The van der Waals surface area contributed by atoms with E-state index < -0.39 is 0 Å². The molecule has 1 saturated carbocycles. The van der Waals surface area contributed by atoms with E-state index in [4.69, 9.17) is 0 Å². The van der Waals surface area contributed by atoms with E-state index in [1.165, 1.54) is 57.9 Å². The molecular formula is C16H30N2O. The van der Waals surface area contributed by atoms with Gasteiger partial charge in [-0.15, -0.1) is 0 Å². The molecule has 0 N–H and O–H groups in total. The van der Waals surface area contributed by atoms with Gasteiger partial charge in [-0.1, -0.05) is 25.7 Å². The highest BCUT2D eigenvalue weighted by atomic mass is 16.1. The summed E-state index contributed by atoms with van der Waals surface area (Å²) < 4.78 is 0. The van der Waals surface area contributed by atoms with E-state index in [2.05, 4.69) is 23.9 Å². The maximum atomic E-state index is 11.6. The summed E-state index contributed by atoms with van der Waals surface area (Å²) in [6.45, 7) is 3.34. The summed E-state index contributed by atoms with van der Waals surface area (Å²) in [5.74, 6) is 0. The van der Waals surface area contributed by atoms with Gasteiger partial charge < -0.3 is 14.6 Å². The molecule has 1 aliphatic carbocycles. The van der Waals surface area contributed by atoms with E-state index in [1.807, 2.05) is 0 Å². The Morgan fingerprint density at radius 2 is 1.68 bits per heavy atom. The molecule has 2 rings (SSSR count). The third-order valence-electron chi connectivity index (χ3n) is 5.18. The van der Waals surface area contributed by atoms with Gasteiger partial charge in [0.15, 0.2) is 0 Å². The zero-order chi connectivity index (χ0) is 13.7. The predicted molar refractivity (Wildman–Crippen MR) is 79.3 cm³/mol. The first-order valence-electron chi connectivity index (χ1n) is 8.00. The molecule has 19 heavy (non-hydrogen) atoms. The van der Waals surface area contributed by atoms with Crippen molar-refractivity contribution >= 4 is 6.29 Å². The van der Waals surface area contributed by atoms with Crippen LogP contribution in [0.15, 0.2) is 0 Å². The molecular weight excluding hydrogens is 236 g/mol. The molecule has 0 spiro atoms. The third-order valence-corrected chi connectivity index (χ3v) is 5.18. The van der Waals surface area contributed by atoms with Crippen LogP contribution in [0, 0.1) is 5.41 Å². The molecule has 3 nitrogen and oxygen atoms in total. The molecule has 2 aliphatic rings. The van der Waals surface area contributed by atoms with Crippen LogP contribution in [0.1, 0.15) is 51.4 Å². The smallest absolute Gasteiger partial charge is 0.127 e. The summed E-state index contributed by atoms with van der Waals surface area (Å²) >= 11 is 0. The summed E-state index contributed by atoms with van der Waals surface area (Å²) in [4.78, 5) is 16.5. The lowest BCUT2D eigenvalue weighted by Crippen LogP contribution is -2.46. The SMILES string of the molecule is CN(C)C1CCN(CC2(C=O)CCCCCC2)CC1. The van der Waals surface area contributed by atoms with Gasteiger partial charge in [-0.3, -0.25) is 0 Å². The van der Waals surface area contributed by atoms with Crippen LogP contribution in [0.5, 0.6) is 0 Å². The van der Waals surface area contributed by atoms with Gasteiger partial charge in [0.05, 0.1) is 0 Å². The van der Waals surface area contributed by atoms with Crippen LogP contribution < -0.4 is 0 Å². The van der Waals surface area contributed by atoms with Crippen molar-refractivity contribution in [2.75, 3.05) is 33.7 Å². The number of likely N-dealkylation sites (tertiary alicyclic amines) is 1. The van der Waals surface area contributed by atoms with Gasteiger partial charge in [-0.2, -0.15) is 0 Å². The Kier molecular flexibility index (Phi) is 5.40. The zero-order valence-corrected chi connectivity index (χ0v) is 12.7. The summed E-state index contributed by atoms with van der Waals surface area (Å²) in [5, 5.41) is 0. The van der Waals surface area contributed by atoms with Crippen molar-refractivity contribution in [1.82, 2.24) is 9.80 Å². The number of carbonyl (C=O) groups excluding carboxylic acids is 1. The van der Waals surface area contributed by atoms with Crippen molar-refractivity contribution in [3.8, 4) is 0 Å². The number of aldehydes is 1. The Balaban J connectivity index is 1.87. The molecule has 0 unspecified atom stereocenters. The van der Waals surface area contributed by atoms with Gasteiger partial charge in [0.1, 0.15) is 6.29 Å². The minimum atomic E-state index is -0.0263. The molecule has 0 aromatic heterocycles. The second-order valence-electron chi connectivity index (χ2n) is 6.87. The van der Waals surface area contributed by atoms with E-state index in [0.29, 0.717) is 0 Å². The Hall–Kier alpha value is -0.410. The predicted octanol–water partition coefficient (Wildman–Crippen LogP) is 2.55. The zero-order valence-electron chi connectivity index (χ0n) is 12.7. The van der Waals surface area contributed by atoms with Crippen molar-refractivity contribution in [2.24, 2.45) is 5.41 Å². The van der Waals surface area contributed by atoms with Crippen molar-refractivity contribution in [3.63, 3.8) is 0 Å². The minimum Gasteiger partial charge on any atom is -0.306 e. The first kappa shape index (κ1) is 15.0. The van der Waals surface area contributed by atoms with Crippen molar-refractivity contribution in [2.45, 2.75) is 57.4 Å². The first-order valence-corrected chi connectivity index (χ1v) is 8.00. The number of hydrogen-bond acceptors (Lipinski definition) is 3. The largest absolute Gasteiger partial charge is 0.306 e. The quantitative estimate of drug-likeness (QED) is 0.577. The average molecular weight is 266 g/mol. The van der Waals surface area contributed by atoms with Gasteiger partial charge in [-0.25, -0.2) is 0 Å². The van der Waals surface area contributed by atoms with Gasteiger partial charge in [0.25, 0.3) is 0 Å². The van der Waals surface area contributed by atoms with Crippen LogP contribution in [-0.4, -0.2) is 55.9 Å². The van der Waals surface area contributed by atoms with Gasteiger partial charge in [0, 0.05) is 18.0 Å². The average Bonchev–Trinajstić information content (AvgIpc) is 2.65. The van der Waals surface area contributed by atoms with Gasteiger partial charge in [0.2, 0.25) is 0 Å². The van der Waals surface area contributed by atoms with Crippen LogP contribution in [0.4, 0.5) is 0 Å². The fourth-order valence-electron chi connectivity index (χ4n) is 3.79. The first-order chi connectivity index (χ1) is 9.15. The molecule has 3 heteroatoms. The van der Waals surface area contributed by atoms with Crippen LogP contribution in [0.25, 0.3) is 0 Å². The molecule has 1 heterocycles. The monoisotopic (exact) mass is 266 g/mol. The van der Waals surface area contributed by atoms with Gasteiger partial charge >= 0.3 is 0 Å². The summed E-state index contributed by atoms with van der Waals surface area (Å²) in [7, 11) is 4.36. The standard InChI is InChI=1S/C16H30N2O/c1-17(2)15-7-11-18(12-8-15)13-16(14-19)9-5-3-4-6-10-16/h14-15H,3-13H2,1-2H3. The third kappa shape index (κ3) is 4.03. The summed E-state index contributed by atoms with van der Waals surface area (Å²) in [5.41, 5.74) is -0.0263. The Morgan fingerprint density at radius 3 is 2.16 bits per heavy atom. The second-order valence-corrected chi connectivity index (χ2v) is 6.87. The van der Waals surface area contributed by atoms with Crippen LogP contribution in [-0.2, 0) is 4.79 Å². The molecule has 0 aromatic carbocycles. The van der Waals surface area contributed by atoms with E-state index in [0.717, 1.165) is 25.4 Å². The highest BCUT2D eigenvalue weighted by molar-refractivity contribution is 5.59. The second kappa shape index (κ2) is 6.85. The Labute approximate surface area is 118 Å². The molecule has 2 fully saturated rings. The molecule has 1 aliphatic heterocycles. The molecule has 1 saturated heterocycles. The highest BCUT2D eigenvalue weighted by Crippen LogP contribution is 2.34. The topological polar surface area (TPSA) is 23.6 Å². The minimum absolute atomic E-state index is 0.0263. The van der Waals surface area contributed by atoms with Crippen molar-refractivity contribution < 1.29 is 4.79 Å². The van der Waals surface area contributed by atoms with E-state index in [-0.39, 0.29) is 5.41 Å². The lowest BCUT2D eigenvalue weighted by Gasteiger charge is -2.39. The summed E-state index contributed by atoms with van der Waals surface area (Å²) in [6, 6.07) is 0.734. The maximum Gasteiger partial charge on any atom is 0.127 e. The number of piperidine rings is 1. The maximum absolute atomic E-state index is 11.6.